The summed E-state index contributed by atoms with van der Waals surface area (Å²) in [6.45, 7) is 0.662. The number of aryl methyl sites for hydroxylation is 1. The number of fused-ring (bicyclic) bond motifs is 1. The van der Waals surface area contributed by atoms with E-state index in [-0.39, 0.29) is 12.6 Å². The molecule has 0 saturated carbocycles. The minimum Gasteiger partial charge on any atom is -0.478 e. The number of aromatic nitrogens is 2. The van der Waals surface area contributed by atoms with Gasteiger partial charge in [0, 0.05) is 24.2 Å². The maximum absolute atomic E-state index is 12.1. The van der Waals surface area contributed by atoms with E-state index < -0.39 is 12.1 Å². The topological polar surface area (TPSA) is 80.0 Å². The van der Waals surface area contributed by atoms with Crippen LogP contribution in [-0.2, 0) is 24.2 Å². The van der Waals surface area contributed by atoms with Crippen LogP contribution in [0.1, 0.15) is 41.1 Å². The van der Waals surface area contributed by atoms with Crippen molar-refractivity contribution in [1.29, 1.82) is 0 Å². The maximum Gasteiger partial charge on any atom is 0.346 e. The van der Waals surface area contributed by atoms with Crippen LogP contribution in [0.2, 0.25) is 0 Å². The molecule has 2 unspecified atom stereocenters. The second-order valence-corrected chi connectivity index (χ2v) is 8.68. The standard InChI is InChI=1S/C27H28N4O3/c32-27(33)25(34-24-13-6-11-20-8-4-5-12-23(20)24)18-31-17-22(16-29-31)26(21-9-2-1-3-10-21)30-15-7-14-28-19-30/h1-3,6-7,9-11,13-17,25-26H,4-5,8,12,18-19H2,(H,32,33). The van der Waals surface area contributed by atoms with Crippen molar-refractivity contribution in [3.05, 3.63) is 95.5 Å². The summed E-state index contributed by atoms with van der Waals surface area (Å²) in [6.07, 6.45) is 12.6. The molecule has 2 aliphatic rings. The molecule has 7 heteroatoms. The third-order valence-electron chi connectivity index (χ3n) is 6.38. The number of hydrogen-bond donors (Lipinski definition) is 1. The van der Waals surface area contributed by atoms with Crippen molar-refractivity contribution in [1.82, 2.24) is 14.7 Å². The molecule has 0 bridgehead atoms. The fraction of sp³-hybridized carbons (Fsp3) is 0.296. The first-order chi connectivity index (χ1) is 16.7. The first-order valence-corrected chi connectivity index (χ1v) is 11.7. The Hall–Kier alpha value is -3.87. The average Bonchev–Trinajstić information content (AvgIpc) is 3.33. The quantitative estimate of drug-likeness (QED) is 0.548. The van der Waals surface area contributed by atoms with E-state index >= 15 is 0 Å². The van der Waals surface area contributed by atoms with Crippen molar-refractivity contribution in [2.24, 2.45) is 4.99 Å². The molecule has 34 heavy (non-hydrogen) atoms. The lowest BCUT2D eigenvalue weighted by atomic mass is 9.91. The molecule has 0 radical (unpaired) electrons. The normalized spacial score (nSPS) is 16.6. The number of carboxylic acids is 1. The SMILES string of the molecule is O=C(O)C(Cn1cc(C(c2ccccc2)N2C=CC=NC2)cn1)Oc1cccc2c1CCCC2. The second kappa shape index (κ2) is 9.95. The Morgan fingerprint density at radius 2 is 1.91 bits per heavy atom. The summed E-state index contributed by atoms with van der Waals surface area (Å²) in [5.41, 5.74) is 4.49. The number of rotatable bonds is 8. The van der Waals surface area contributed by atoms with Crippen LogP contribution in [0.5, 0.6) is 5.75 Å². The molecule has 1 aromatic heterocycles. The molecule has 7 nitrogen and oxygen atoms in total. The Morgan fingerprint density at radius 3 is 2.71 bits per heavy atom. The van der Waals surface area contributed by atoms with Gasteiger partial charge in [-0.25, -0.2) is 4.79 Å². The number of carbonyl (C=O) groups is 1. The smallest absolute Gasteiger partial charge is 0.346 e. The zero-order valence-corrected chi connectivity index (χ0v) is 19.0. The molecular formula is C27H28N4O3. The van der Waals surface area contributed by atoms with Crippen molar-refractivity contribution in [2.45, 2.75) is 44.4 Å². The summed E-state index contributed by atoms with van der Waals surface area (Å²) in [7, 11) is 0. The van der Waals surface area contributed by atoms with Crippen LogP contribution in [0.3, 0.4) is 0 Å². The number of aliphatic carboxylic acids is 1. The molecule has 2 atom stereocenters. The summed E-state index contributed by atoms with van der Waals surface area (Å²) >= 11 is 0. The van der Waals surface area contributed by atoms with Gasteiger partial charge in [0.1, 0.15) is 12.4 Å². The van der Waals surface area contributed by atoms with Gasteiger partial charge < -0.3 is 14.7 Å². The molecule has 0 saturated heterocycles. The van der Waals surface area contributed by atoms with Gasteiger partial charge in [-0.05, 0) is 54.5 Å². The van der Waals surface area contributed by atoms with Crippen molar-refractivity contribution >= 4 is 12.2 Å². The minimum absolute atomic E-state index is 0.0750. The van der Waals surface area contributed by atoms with E-state index in [0.29, 0.717) is 12.4 Å². The lowest BCUT2D eigenvalue weighted by Crippen LogP contribution is -2.32. The van der Waals surface area contributed by atoms with Crippen molar-refractivity contribution < 1.29 is 14.6 Å². The van der Waals surface area contributed by atoms with E-state index in [1.54, 1.807) is 17.1 Å². The Bertz CT molecular complexity index is 1200. The number of benzene rings is 2. The first-order valence-electron chi connectivity index (χ1n) is 11.7. The molecule has 2 aromatic carbocycles. The number of allylic oxidation sites excluding steroid dienone is 1. The summed E-state index contributed by atoms with van der Waals surface area (Å²) in [4.78, 5) is 18.6. The van der Waals surface area contributed by atoms with Gasteiger partial charge in [0.15, 0.2) is 0 Å². The van der Waals surface area contributed by atoms with E-state index in [1.165, 1.54) is 5.56 Å². The summed E-state index contributed by atoms with van der Waals surface area (Å²) in [5, 5.41) is 14.4. The maximum atomic E-state index is 12.1. The van der Waals surface area contributed by atoms with Crippen molar-refractivity contribution in [3.63, 3.8) is 0 Å². The van der Waals surface area contributed by atoms with E-state index in [0.717, 1.165) is 42.4 Å². The molecule has 1 aliphatic carbocycles. The van der Waals surface area contributed by atoms with E-state index in [9.17, 15) is 9.90 Å². The fourth-order valence-electron chi connectivity index (χ4n) is 4.74. The van der Waals surface area contributed by atoms with Gasteiger partial charge in [-0.1, -0.05) is 42.5 Å². The van der Waals surface area contributed by atoms with Crippen molar-refractivity contribution in [2.75, 3.05) is 6.67 Å². The fourth-order valence-corrected chi connectivity index (χ4v) is 4.74. The lowest BCUT2D eigenvalue weighted by molar-refractivity contribution is -0.145. The Labute approximate surface area is 199 Å². The van der Waals surface area contributed by atoms with Gasteiger partial charge in [0.25, 0.3) is 0 Å². The third-order valence-corrected chi connectivity index (χ3v) is 6.38. The van der Waals surface area contributed by atoms with Crippen LogP contribution in [0.4, 0.5) is 0 Å². The van der Waals surface area contributed by atoms with E-state index in [1.807, 2.05) is 48.8 Å². The second-order valence-electron chi connectivity index (χ2n) is 8.68. The van der Waals surface area contributed by atoms with Crippen LogP contribution >= 0.6 is 0 Å². The zero-order valence-electron chi connectivity index (χ0n) is 19.0. The molecule has 0 amide bonds. The van der Waals surface area contributed by atoms with E-state index in [4.69, 9.17) is 4.74 Å². The van der Waals surface area contributed by atoms with Crippen molar-refractivity contribution in [3.8, 4) is 5.75 Å². The van der Waals surface area contributed by atoms with Gasteiger partial charge >= 0.3 is 5.97 Å². The molecule has 0 spiro atoms. The highest BCUT2D eigenvalue weighted by atomic mass is 16.5. The van der Waals surface area contributed by atoms with Crippen LogP contribution in [0, 0.1) is 0 Å². The van der Waals surface area contributed by atoms with Crippen LogP contribution < -0.4 is 4.74 Å². The van der Waals surface area contributed by atoms with Crippen LogP contribution in [0.15, 0.2) is 78.2 Å². The lowest BCUT2D eigenvalue weighted by Gasteiger charge is -2.30. The summed E-state index contributed by atoms with van der Waals surface area (Å²) in [5.74, 6) is -0.325. The largest absolute Gasteiger partial charge is 0.478 e. The molecule has 1 aliphatic heterocycles. The predicted octanol–water partition coefficient (Wildman–Crippen LogP) is 4.24. The van der Waals surface area contributed by atoms with Gasteiger partial charge in [-0.2, -0.15) is 5.10 Å². The highest BCUT2D eigenvalue weighted by molar-refractivity contribution is 5.73. The molecule has 3 aromatic rings. The molecule has 2 heterocycles. The van der Waals surface area contributed by atoms with Gasteiger partial charge in [-0.15, -0.1) is 0 Å². The molecule has 5 rings (SSSR count). The third kappa shape index (κ3) is 4.73. The molecule has 174 valence electrons. The number of ether oxygens (including phenoxy) is 1. The number of carboxylic acid groups (broad SMARTS) is 1. The average molecular weight is 457 g/mol. The Balaban J connectivity index is 1.38. The van der Waals surface area contributed by atoms with Gasteiger partial charge in [0.2, 0.25) is 6.10 Å². The first kappa shape index (κ1) is 21.9. The van der Waals surface area contributed by atoms with Gasteiger partial charge in [0.05, 0.1) is 18.8 Å². The highest BCUT2D eigenvalue weighted by Gasteiger charge is 2.26. The van der Waals surface area contributed by atoms with Crippen LogP contribution in [0.25, 0.3) is 0 Å². The Kier molecular flexibility index (Phi) is 6.42. The Morgan fingerprint density at radius 1 is 1.06 bits per heavy atom. The van der Waals surface area contributed by atoms with E-state index in [2.05, 4.69) is 33.2 Å². The number of aliphatic imine (C=N–C) groups is 1. The molecule has 0 fully saturated rings. The van der Waals surface area contributed by atoms with Gasteiger partial charge in [-0.3, -0.25) is 9.67 Å². The number of hydrogen-bond acceptors (Lipinski definition) is 5. The molecule has 1 N–H and O–H groups in total. The predicted molar refractivity (Wildman–Crippen MR) is 130 cm³/mol. The minimum atomic E-state index is -1.03. The summed E-state index contributed by atoms with van der Waals surface area (Å²) < 4.78 is 7.71. The zero-order chi connectivity index (χ0) is 23.3. The summed E-state index contributed by atoms with van der Waals surface area (Å²) in [6, 6.07) is 16.0. The molecular weight excluding hydrogens is 428 g/mol. The number of nitrogens with zero attached hydrogens (tertiary/aromatic N) is 4. The highest BCUT2D eigenvalue weighted by Crippen LogP contribution is 2.31. The van der Waals surface area contributed by atoms with Crippen LogP contribution in [-0.4, -0.2) is 44.7 Å². The monoisotopic (exact) mass is 456 g/mol.